The molecule has 2 aromatic rings. The molecule has 1 aromatic heterocycles. The molecule has 0 radical (unpaired) electrons. The molecular formula is C18H18F3N3O2. The number of carbonyl (C=O) groups is 2. The first-order chi connectivity index (χ1) is 12.2. The molecule has 2 amide bonds. The Kier molecular flexibility index (Phi) is 5.97. The van der Waals surface area contributed by atoms with Crippen molar-refractivity contribution in [2.75, 3.05) is 5.32 Å². The second kappa shape index (κ2) is 7.99. The maximum atomic E-state index is 13.0. The number of carbonyl (C=O) groups excluding carboxylic acids is 2. The highest BCUT2D eigenvalue weighted by Gasteiger charge is 2.33. The van der Waals surface area contributed by atoms with Gasteiger partial charge in [0.2, 0.25) is 0 Å². The monoisotopic (exact) mass is 365 g/mol. The number of aromatic nitrogens is 1. The van der Waals surface area contributed by atoms with Crippen molar-refractivity contribution < 1.29 is 22.8 Å². The lowest BCUT2D eigenvalue weighted by Crippen LogP contribution is -2.32. The minimum Gasteiger partial charge on any atom is -0.350 e. The molecule has 0 aliphatic heterocycles. The maximum Gasteiger partial charge on any atom is 0.418 e. The predicted octanol–water partition coefficient (Wildman–Crippen LogP) is 3.88. The molecule has 2 N–H and O–H groups in total. The summed E-state index contributed by atoms with van der Waals surface area (Å²) in [6.45, 7) is 3.74. The first-order valence-electron chi connectivity index (χ1n) is 7.96. The van der Waals surface area contributed by atoms with E-state index in [0.717, 1.165) is 18.6 Å². The van der Waals surface area contributed by atoms with E-state index in [1.165, 1.54) is 30.6 Å². The van der Waals surface area contributed by atoms with Gasteiger partial charge in [-0.3, -0.25) is 14.6 Å². The van der Waals surface area contributed by atoms with Crippen molar-refractivity contribution in [3.63, 3.8) is 0 Å². The molecule has 0 aliphatic rings. The van der Waals surface area contributed by atoms with Crippen LogP contribution in [0.15, 0.2) is 42.7 Å². The van der Waals surface area contributed by atoms with Gasteiger partial charge in [0.1, 0.15) is 0 Å². The smallest absolute Gasteiger partial charge is 0.350 e. The fourth-order valence-electron chi connectivity index (χ4n) is 2.13. The average molecular weight is 365 g/mol. The van der Waals surface area contributed by atoms with Gasteiger partial charge in [0.15, 0.2) is 0 Å². The minimum absolute atomic E-state index is 0.0150. The number of nitrogens with one attached hydrogen (secondary N) is 2. The third kappa shape index (κ3) is 4.81. The molecule has 0 bridgehead atoms. The second-order valence-electron chi connectivity index (χ2n) is 5.74. The fourth-order valence-corrected chi connectivity index (χ4v) is 2.13. The quantitative estimate of drug-likeness (QED) is 0.845. The highest BCUT2D eigenvalue weighted by Crippen LogP contribution is 2.34. The Morgan fingerprint density at radius 3 is 2.35 bits per heavy atom. The van der Waals surface area contributed by atoms with Gasteiger partial charge < -0.3 is 10.6 Å². The molecule has 1 atom stereocenters. The van der Waals surface area contributed by atoms with Crippen molar-refractivity contribution in [1.29, 1.82) is 0 Å². The molecule has 1 heterocycles. The third-order valence-corrected chi connectivity index (χ3v) is 3.73. The van der Waals surface area contributed by atoms with E-state index in [4.69, 9.17) is 0 Å². The molecule has 0 aliphatic carbocycles. The lowest BCUT2D eigenvalue weighted by molar-refractivity contribution is -0.136. The summed E-state index contributed by atoms with van der Waals surface area (Å²) in [4.78, 5) is 28.2. The van der Waals surface area contributed by atoms with E-state index in [-0.39, 0.29) is 22.9 Å². The van der Waals surface area contributed by atoms with Crippen LogP contribution in [0.1, 0.15) is 46.5 Å². The largest absolute Gasteiger partial charge is 0.418 e. The van der Waals surface area contributed by atoms with Gasteiger partial charge in [-0.05, 0) is 31.5 Å². The summed E-state index contributed by atoms with van der Waals surface area (Å²) in [5.74, 6) is -1.19. The number of hydrogen-bond donors (Lipinski definition) is 2. The van der Waals surface area contributed by atoms with E-state index in [0.29, 0.717) is 0 Å². The lowest BCUT2D eigenvalue weighted by Gasteiger charge is -2.14. The van der Waals surface area contributed by atoms with Gasteiger partial charge in [-0.2, -0.15) is 13.2 Å². The first kappa shape index (κ1) is 19.4. The van der Waals surface area contributed by atoms with Crippen LogP contribution in [0.4, 0.5) is 18.9 Å². The molecule has 5 nitrogen and oxygen atoms in total. The van der Waals surface area contributed by atoms with E-state index in [9.17, 15) is 22.8 Å². The molecule has 138 valence electrons. The molecule has 26 heavy (non-hydrogen) atoms. The molecule has 0 saturated carbocycles. The van der Waals surface area contributed by atoms with E-state index in [2.05, 4.69) is 15.6 Å². The topological polar surface area (TPSA) is 71.1 Å². The van der Waals surface area contributed by atoms with Crippen molar-refractivity contribution in [1.82, 2.24) is 10.3 Å². The van der Waals surface area contributed by atoms with Crippen LogP contribution in [0.5, 0.6) is 0 Å². The van der Waals surface area contributed by atoms with Crippen LogP contribution >= 0.6 is 0 Å². The number of nitrogens with zero attached hydrogens (tertiary/aromatic N) is 1. The van der Waals surface area contributed by atoms with Gasteiger partial charge in [0.05, 0.1) is 22.4 Å². The second-order valence-corrected chi connectivity index (χ2v) is 5.74. The van der Waals surface area contributed by atoms with Gasteiger partial charge in [0.25, 0.3) is 11.8 Å². The number of hydrogen-bond acceptors (Lipinski definition) is 3. The van der Waals surface area contributed by atoms with Crippen LogP contribution in [-0.4, -0.2) is 22.8 Å². The van der Waals surface area contributed by atoms with E-state index in [1.54, 1.807) is 0 Å². The number of benzene rings is 1. The molecule has 1 unspecified atom stereocenters. The molecular weight excluding hydrogens is 347 g/mol. The van der Waals surface area contributed by atoms with Crippen molar-refractivity contribution in [2.45, 2.75) is 32.5 Å². The molecule has 0 fully saturated rings. The summed E-state index contributed by atoms with van der Waals surface area (Å²) in [5, 5.41) is 4.95. The van der Waals surface area contributed by atoms with Crippen LogP contribution in [-0.2, 0) is 6.18 Å². The van der Waals surface area contributed by atoms with Gasteiger partial charge in [-0.1, -0.05) is 19.1 Å². The zero-order valence-corrected chi connectivity index (χ0v) is 14.2. The number of halogens is 3. The van der Waals surface area contributed by atoms with Crippen LogP contribution in [0.3, 0.4) is 0 Å². The zero-order valence-electron chi connectivity index (χ0n) is 14.2. The highest BCUT2D eigenvalue weighted by molar-refractivity contribution is 6.06. The van der Waals surface area contributed by atoms with Gasteiger partial charge >= 0.3 is 6.18 Å². The average Bonchev–Trinajstić information content (AvgIpc) is 2.61. The third-order valence-electron chi connectivity index (χ3n) is 3.73. The van der Waals surface area contributed by atoms with Crippen molar-refractivity contribution in [3.05, 3.63) is 59.4 Å². The Balaban J connectivity index is 2.22. The van der Waals surface area contributed by atoms with Crippen LogP contribution < -0.4 is 10.6 Å². The van der Waals surface area contributed by atoms with Crippen molar-refractivity contribution in [3.8, 4) is 0 Å². The summed E-state index contributed by atoms with van der Waals surface area (Å²) in [6, 6.07) is 5.89. The minimum atomic E-state index is -4.60. The number of rotatable bonds is 5. The fraction of sp³-hybridized carbons (Fsp3) is 0.278. The summed E-state index contributed by atoms with van der Waals surface area (Å²) < 4.78 is 39.0. The number of anilines is 1. The molecule has 0 saturated heterocycles. The zero-order chi connectivity index (χ0) is 19.3. The molecule has 1 aromatic carbocycles. The first-order valence-corrected chi connectivity index (χ1v) is 7.96. The Morgan fingerprint density at radius 2 is 1.73 bits per heavy atom. The standard InChI is InChI=1S/C18H18F3N3O2/c1-3-11(2)23-16(25)12-8-13(10-22-9-12)17(26)24-15-7-5-4-6-14(15)18(19,20)21/h4-11H,3H2,1-2H3,(H,23,25)(H,24,26). The molecule has 2 rings (SSSR count). The van der Waals surface area contributed by atoms with Gasteiger partial charge in [-0.25, -0.2) is 0 Å². The maximum absolute atomic E-state index is 13.0. The summed E-state index contributed by atoms with van der Waals surface area (Å²) in [7, 11) is 0. The molecule has 8 heteroatoms. The predicted molar refractivity (Wildman–Crippen MR) is 90.9 cm³/mol. The van der Waals surface area contributed by atoms with Gasteiger partial charge in [0, 0.05) is 18.4 Å². The Bertz CT molecular complexity index is 806. The van der Waals surface area contributed by atoms with Crippen LogP contribution in [0, 0.1) is 0 Å². The number of pyridine rings is 1. The number of para-hydroxylation sites is 1. The summed E-state index contributed by atoms with van der Waals surface area (Å²) in [6.07, 6.45) is -1.39. The Labute approximate surface area is 148 Å². The van der Waals surface area contributed by atoms with Crippen LogP contribution in [0.25, 0.3) is 0 Å². The van der Waals surface area contributed by atoms with Crippen LogP contribution in [0.2, 0.25) is 0 Å². The van der Waals surface area contributed by atoms with E-state index < -0.39 is 23.6 Å². The Morgan fingerprint density at radius 1 is 1.12 bits per heavy atom. The normalized spacial score (nSPS) is 12.3. The summed E-state index contributed by atoms with van der Waals surface area (Å²) in [5.41, 5.74) is -1.17. The van der Waals surface area contributed by atoms with Gasteiger partial charge in [-0.15, -0.1) is 0 Å². The number of alkyl halides is 3. The highest BCUT2D eigenvalue weighted by atomic mass is 19.4. The summed E-state index contributed by atoms with van der Waals surface area (Å²) >= 11 is 0. The van der Waals surface area contributed by atoms with E-state index >= 15 is 0 Å². The number of amides is 2. The lowest BCUT2D eigenvalue weighted by atomic mass is 10.1. The van der Waals surface area contributed by atoms with Crippen molar-refractivity contribution >= 4 is 17.5 Å². The van der Waals surface area contributed by atoms with Crippen molar-refractivity contribution in [2.24, 2.45) is 0 Å². The van der Waals surface area contributed by atoms with E-state index in [1.807, 2.05) is 13.8 Å². The molecule has 0 spiro atoms. The SMILES string of the molecule is CCC(C)NC(=O)c1cncc(C(=O)Nc2ccccc2C(F)(F)F)c1. The Hall–Kier alpha value is -2.90.